The first-order valence-corrected chi connectivity index (χ1v) is 9.62. The first kappa shape index (κ1) is 18.3. The van der Waals surface area contributed by atoms with E-state index < -0.39 is 0 Å². The highest BCUT2D eigenvalue weighted by molar-refractivity contribution is 5.91. The Morgan fingerprint density at radius 3 is 2.50 bits per heavy atom. The maximum Gasteiger partial charge on any atom is 0.226 e. The van der Waals surface area contributed by atoms with Crippen LogP contribution in [0.2, 0.25) is 0 Å². The molecule has 0 spiro atoms. The molecule has 4 nitrogen and oxygen atoms in total. The van der Waals surface area contributed by atoms with Gasteiger partial charge < -0.3 is 15.1 Å². The van der Waals surface area contributed by atoms with Crippen molar-refractivity contribution in [1.82, 2.24) is 0 Å². The number of amides is 1. The summed E-state index contributed by atoms with van der Waals surface area (Å²) >= 11 is 0. The Morgan fingerprint density at radius 2 is 1.85 bits per heavy atom. The minimum Gasteiger partial charge on any atom is -0.372 e. The quantitative estimate of drug-likeness (QED) is 0.800. The van der Waals surface area contributed by atoms with Crippen molar-refractivity contribution in [3.05, 3.63) is 54.1 Å². The van der Waals surface area contributed by atoms with Gasteiger partial charge in [-0.15, -0.1) is 0 Å². The lowest BCUT2D eigenvalue weighted by Crippen LogP contribution is -2.27. The molecule has 0 aliphatic carbocycles. The molecule has 0 atom stereocenters. The zero-order chi connectivity index (χ0) is 18.4. The van der Waals surface area contributed by atoms with E-state index in [1.54, 1.807) is 0 Å². The molecule has 4 heteroatoms. The minimum atomic E-state index is 0.0602. The number of nitrogens with zero attached hydrogens (tertiary/aromatic N) is 2. The second-order valence-electron chi connectivity index (χ2n) is 6.96. The number of nitrogens with one attached hydrogen (secondary N) is 1. The van der Waals surface area contributed by atoms with E-state index >= 15 is 0 Å². The number of benzene rings is 2. The van der Waals surface area contributed by atoms with Crippen LogP contribution in [0.1, 0.15) is 31.7 Å². The third-order valence-corrected chi connectivity index (χ3v) is 4.98. The summed E-state index contributed by atoms with van der Waals surface area (Å²) in [5.74, 6) is 0.0602. The average Bonchev–Trinajstić information content (AvgIpc) is 3.18. The van der Waals surface area contributed by atoms with E-state index in [4.69, 9.17) is 0 Å². The molecule has 1 saturated heterocycles. The van der Waals surface area contributed by atoms with Crippen LogP contribution in [0.3, 0.4) is 0 Å². The normalized spacial score (nSPS) is 13.7. The highest BCUT2D eigenvalue weighted by atomic mass is 16.1. The molecule has 26 heavy (non-hydrogen) atoms. The molecule has 0 saturated carbocycles. The van der Waals surface area contributed by atoms with Crippen LogP contribution < -0.4 is 15.1 Å². The molecule has 1 N–H and O–H groups in total. The number of anilines is 3. The molecule has 0 unspecified atom stereocenters. The number of rotatable bonds is 7. The lowest BCUT2D eigenvalue weighted by Gasteiger charge is -2.23. The van der Waals surface area contributed by atoms with Gasteiger partial charge in [0.05, 0.1) is 0 Å². The summed E-state index contributed by atoms with van der Waals surface area (Å²) in [6.07, 6.45) is 3.02. The summed E-state index contributed by atoms with van der Waals surface area (Å²) in [5, 5.41) is 3.02. The summed E-state index contributed by atoms with van der Waals surface area (Å²) < 4.78 is 0. The maximum atomic E-state index is 12.3. The Kier molecular flexibility index (Phi) is 6.16. The number of hydrogen-bond acceptors (Lipinski definition) is 3. The van der Waals surface area contributed by atoms with Gasteiger partial charge in [0.25, 0.3) is 0 Å². The molecular weight excluding hydrogens is 322 g/mol. The van der Waals surface area contributed by atoms with Crippen LogP contribution in [0.15, 0.2) is 48.5 Å². The van der Waals surface area contributed by atoms with Crippen molar-refractivity contribution >= 4 is 23.0 Å². The predicted octanol–water partition coefficient (Wildman–Crippen LogP) is 4.45. The van der Waals surface area contributed by atoms with Crippen molar-refractivity contribution < 1.29 is 4.79 Å². The van der Waals surface area contributed by atoms with E-state index in [9.17, 15) is 4.79 Å². The molecule has 3 rings (SSSR count). The molecule has 138 valence electrons. The Balaban J connectivity index is 1.51. The van der Waals surface area contributed by atoms with Crippen molar-refractivity contribution in [3.8, 4) is 0 Å². The summed E-state index contributed by atoms with van der Waals surface area (Å²) in [6.45, 7) is 8.10. The van der Waals surface area contributed by atoms with E-state index in [0.717, 1.165) is 31.9 Å². The SMILES string of the molecule is CCN(CCC(=O)Nc1ccc(N2CCCC2)cc1)c1cccc(C)c1. The molecule has 1 amide bonds. The number of carbonyl (C=O) groups excluding carboxylic acids is 1. The van der Waals surface area contributed by atoms with Gasteiger partial charge in [-0.1, -0.05) is 12.1 Å². The topological polar surface area (TPSA) is 35.6 Å². The Morgan fingerprint density at radius 1 is 1.12 bits per heavy atom. The lowest BCUT2D eigenvalue weighted by molar-refractivity contribution is -0.116. The van der Waals surface area contributed by atoms with Gasteiger partial charge in [-0.05, 0) is 68.7 Å². The summed E-state index contributed by atoms with van der Waals surface area (Å²) in [5.41, 5.74) is 4.53. The van der Waals surface area contributed by atoms with Crippen molar-refractivity contribution in [2.24, 2.45) is 0 Å². The third kappa shape index (κ3) is 4.78. The minimum absolute atomic E-state index is 0.0602. The Labute approximate surface area is 156 Å². The lowest BCUT2D eigenvalue weighted by atomic mass is 10.2. The van der Waals surface area contributed by atoms with Crippen LogP contribution in [0, 0.1) is 6.92 Å². The fourth-order valence-electron chi connectivity index (χ4n) is 3.49. The third-order valence-electron chi connectivity index (χ3n) is 4.98. The van der Waals surface area contributed by atoms with Gasteiger partial charge in [0.1, 0.15) is 0 Å². The van der Waals surface area contributed by atoms with Gasteiger partial charge in [-0.2, -0.15) is 0 Å². The molecule has 0 radical (unpaired) electrons. The monoisotopic (exact) mass is 351 g/mol. The molecule has 1 heterocycles. The Hall–Kier alpha value is -2.49. The maximum absolute atomic E-state index is 12.3. The van der Waals surface area contributed by atoms with Crippen LogP contribution in [0.4, 0.5) is 17.1 Å². The van der Waals surface area contributed by atoms with Crippen LogP contribution in [0.25, 0.3) is 0 Å². The highest BCUT2D eigenvalue weighted by Crippen LogP contribution is 2.22. The number of hydrogen-bond donors (Lipinski definition) is 1. The summed E-state index contributed by atoms with van der Waals surface area (Å²) in [4.78, 5) is 17.0. The van der Waals surface area contributed by atoms with Crippen LogP contribution in [-0.2, 0) is 4.79 Å². The molecule has 1 aliphatic rings. The van der Waals surface area contributed by atoms with E-state index in [1.165, 1.54) is 29.8 Å². The van der Waals surface area contributed by atoms with Crippen LogP contribution in [0.5, 0.6) is 0 Å². The van der Waals surface area contributed by atoms with E-state index in [2.05, 4.69) is 65.4 Å². The molecule has 0 aromatic heterocycles. The summed E-state index contributed by atoms with van der Waals surface area (Å²) in [7, 11) is 0. The smallest absolute Gasteiger partial charge is 0.226 e. The second-order valence-corrected chi connectivity index (χ2v) is 6.96. The fourth-order valence-corrected chi connectivity index (χ4v) is 3.49. The molecular formula is C22H29N3O. The van der Waals surface area contributed by atoms with Crippen LogP contribution in [-0.4, -0.2) is 32.1 Å². The van der Waals surface area contributed by atoms with Gasteiger partial charge in [0.15, 0.2) is 0 Å². The van der Waals surface area contributed by atoms with E-state index in [1.807, 2.05) is 12.1 Å². The predicted molar refractivity (Wildman–Crippen MR) is 110 cm³/mol. The standard InChI is InChI=1S/C22H29N3O/c1-3-24(21-8-6-7-18(2)17-21)16-13-22(26)23-19-9-11-20(12-10-19)25-14-4-5-15-25/h6-12,17H,3-5,13-16H2,1-2H3,(H,23,26). The van der Waals surface area contributed by atoms with Gasteiger partial charge in [-0.3, -0.25) is 4.79 Å². The Bertz CT molecular complexity index is 720. The van der Waals surface area contributed by atoms with Crippen molar-refractivity contribution in [3.63, 3.8) is 0 Å². The zero-order valence-corrected chi connectivity index (χ0v) is 15.9. The van der Waals surface area contributed by atoms with E-state index in [0.29, 0.717) is 6.42 Å². The van der Waals surface area contributed by atoms with Gasteiger partial charge in [0, 0.05) is 49.7 Å². The fraction of sp³-hybridized carbons (Fsp3) is 0.409. The number of aryl methyl sites for hydroxylation is 1. The molecule has 2 aromatic carbocycles. The molecule has 1 fully saturated rings. The van der Waals surface area contributed by atoms with Crippen molar-refractivity contribution in [2.45, 2.75) is 33.1 Å². The van der Waals surface area contributed by atoms with Gasteiger partial charge >= 0.3 is 0 Å². The van der Waals surface area contributed by atoms with Crippen molar-refractivity contribution in [1.29, 1.82) is 0 Å². The summed E-state index contributed by atoms with van der Waals surface area (Å²) in [6, 6.07) is 16.6. The average molecular weight is 351 g/mol. The highest BCUT2D eigenvalue weighted by Gasteiger charge is 2.12. The van der Waals surface area contributed by atoms with Gasteiger partial charge in [-0.25, -0.2) is 0 Å². The number of carbonyl (C=O) groups is 1. The van der Waals surface area contributed by atoms with Gasteiger partial charge in [0.2, 0.25) is 5.91 Å². The first-order chi connectivity index (χ1) is 12.7. The van der Waals surface area contributed by atoms with Crippen LogP contribution >= 0.6 is 0 Å². The van der Waals surface area contributed by atoms with Crippen molar-refractivity contribution in [2.75, 3.05) is 41.3 Å². The molecule has 2 aromatic rings. The molecule has 0 bridgehead atoms. The van der Waals surface area contributed by atoms with E-state index in [-0.39, 0.29) is 5.91 Å². The first-order valence-electron chi connectivity index (χ1n) is 9.62. The largest absolute Gasteiger partial charge is 0.372 e. The molecule has 1 aliphatic heterocycles. The zero-order valence-electron chi connectivity index (χ0n) is 15.9. The second kappa shape index (κ2) is 8.75.